The van der Waals surface area contributed by atoms with Crippen LogP contribution in [0.1, 0.15) is 12.8 Å². The summed E-state index contributed by atoms with van der Waals surface area (Å²) in [5.41, 5.74) is 0. The zero-order chi connectivity index (χ0) is 16.2. The Morgan fingerprint density at radius 3 is 2.48 bits per heavy atom. The van der Waals surface area contributed by atoms with Crippen LogP contribution >= 0.6 is 0 Å². The molecule has 7 heteroatoms. The molecule has 2 saturated heterocycles. The molecule has 0 unspecified atom stereocenters. The maximum Gasteiger partial charge on any atom is 0.236 e. The van der Waals surface area contributed by atoms with Crippen molar-refractivity contribution in [2.24, 2.45) is 0 Å². The van der Waals surface area contributed by atoms with E-state index in [1.807, 2.05) is 30.0 Å². The zero-order valence-corrected chi connectivity index (χ0v) is 14.1. The Morgan fingerprint density at radius 1 is 1.13 bits per heavy atom. The first kappa shape index (κ1) is 16.0. The second-order valence-electron chi connectivity index (χ2n) is 6.46. The van der Waals surface area contributed by atoms with Crippen molar-refractivity contribution in [1.82, 2.24) is 19.8 Å². The van der Waals surface area contributed by atoms with Crippen molar-refractivity contribution in [3.8, 4) is 0 Å². The fraction of sp³-hybridized carbons (Fsp3) is 0.688. The molecule has 0 saturated carbocycles. The largest absolute Gasteiger partial charge is 0.363 e. The van der Waals surface area contributed by atoms with Crippen molar-refractivity contribution in [3.05, 3.63) is 12.3 Å². The molecule has 0 spiro atoms. The number of rotatable bonds is 4. The molecule has 0 radical (unpaired) electrons. The van der Waals surface area contributed by atoms with Crippen molar-refractivity contribution in [2.45, 2.75) is 12.8 Å². The minimum absolute atomic E-state index is 0.279. The highest BCUT2D eigenvalue weighted by Crippen LogP contribution is 2.15. The summed E-state index contributed by atoms with van der Waals surface area (Å²) in [6.45, 7) is 5.92. The minimum Gasteiger partial charge on any atom is -0.363 e. The highest BCUT2D eigenvalue weighted by atomic mass is 16.2. The average Bonchev–Trinajstić information content (AvgIpc) is 3.10. The van der Waals surface area contributed by atoms with Crippen molar-refractivity contribution in [2.75, 3.05) is 69.7 Å². The first-order valence-electron chi connectivity index (χ1n) is 8.39. The molecule has 3 heterocycles. The molecule has 2 aliphatic heterocycles. The second kappa shape index (κ2) is 7.12. The van der Waals surface area contributed by atoms with Crippen LogP contribution in [0.5, 0.6) is 0 Å². The van der Waals surface area contributed by atoms with Crippen LogP contribution < -0.4 is 9.80 Å². The number of likely N-dealkylation sites (tertiary alicyclic amines) is 1. The van der Waals surface area contributed by atoms with Crippen LogP contribution in [-0.2, 0) is 4.79 Å². The van der Waals surface area contributed by atoms with Crippen LogP contribution in [0.25, 0.3) is 0 Å². The van der Waals surface area contributed by atoms with Crippen LogP contribution in [0.2, 0.25) is 0 Å². The fourth-order valence-corrected chi connectivity index (χ4v) is 3.10. The Morgan fingerprint density at radius 2 is 1.83 bits per heavy atom. The lowest BCUT2D eigenvalue weighted by Crippen LogP contribution is -2.50. The average molecular weight is 318 g/mol. The minimum atomic E-state index is 0.279. The number of hydrogen-bond acceptors (Lipinski definition) is 6. The number of piperazine rings is 1. The summed E-state index contributed by atoms with van der Waals surface area (Å²) in [7, 11) is 3.96. The van der Waals surface area contributed by atoms with E-state index in [0.717, 1.165) is 63.9 Å². The molecule has 3 rings (SSSR count). The van der Waals surface area contributed by atoms with Gasteiger partial charge in [0.1, 0.15) is 5.82 Å². The van der Waals surface area contributed by atoms with Crippen LogP contribution in [0, 0.1) is 0 Å². The predicted molar refractivity (Wildman–Crippen MR) is 90.8 cm³/mol. The van der Waals surface area contributed by atoms with E-state index < -0.39 is 0 Å². The van der Waals surface area contributed by atoms with Crippen LogP contribution in [0.4, 0.5) is 11.8 Å². The number of nitrogens with zero attached hydrogens (tertiary/aromatic N) is 6. The molecule has 1 aromatic heterocycles. The Kier molecular flexibility index (Phi) is 4.95. The number of carbonyl (C=O) groups excluding carboxylic acids is 1. The summed E-state index contributed by atoms with van der Waals surface area (Å²) >= 11 is 0. The number of aromatic nitrogens is 2. The molecule has 7 nitrogen and oxygen atoms in total. The lowest BCUT2D eigenvalue weighted by Gasteiger charge is -2.35. The van der Waals surface area contributed by atoms with E-state index in [1.54, 1.807) is 6.20 Å². The molecular weight excluding hydrogens is 292 g/mol. The Balaban J connectivity index is 1.52. The Labute approximate surface area is 137 Å². The molecule has 2 aliphatic rings. The molecule has 0 atom stereocenters. The van der Waals surface area contributed by atoms with Gasteiger partial charge in [-0.15, -0.1) is 0 Å². The highest BCUT2D eigenvalue weighted by Gasteiger charge is 2.24. The second-order valence-corrected chi connectivity index (χ2v) is 6.46. The molecule has 0 aromatic carbocycles. The van der Waals surface area contributed by atoms with Gasteiger partial charge in [-0.05, 0) is 18.9 Å². The summed E-state index contributed by atoms with van der Waals surface area (Å²) in [5.74, 6) is 1.98. The van der Waals surface area contributed by atoms with E-state index in [4.69, 9.17) is 0 Å². The maximum atomic E-state index is 12.2. The summed E-state index contributed by atoms with van der Waals surface area (Å²) < 4.78 is 0. The lowest BCUT2D eigenvalue weighted by atomic mass is 10.3. The van der Waals surface area contributed by atoms with Crippen LogP contribution in [0.15, 0.2) is 12.3 Å². The maximum absolute atomic E-state index is 12.2. The van der Waals surface area contributed by atoms with Gasteiger partial charge < -0.3 is 14.7 Å². The third-order valence-corrected chi connectivity index (χ3v) is 4.56. The number of anilines is 2. The summed E-state index contributed by atoms with van der Waals surface area (Å²) in [5, 5.41) is 0. The van der Waals surface area contributed by atoms with Crippen molar-refractivity contribution < 1.29 is 4.79 Å². The van der Waals surface area contributed by atoms with E-state index in [1.165, 1.54) is 0 Å². The fourth-order valence-electron chi connectivity index (χ4n) is 3.10. The van der Waals surface area contributed by atoms with Crippen molar-refractivity contribution in [3.63, 3.8) is 0 Å². The van der Waals surface area contributed by atoms with Gasteiger partial charge >= 0.3 is 0 Å². The molecule has 0 N–H and O–H groups in total. The third-order valence-electron chi connectivity index (χ3n) is 4.56. The summed E-state index contributed by atoms with van der Waals surface area (Å²) in [6, 6.07) is 1.91. The normalized spacial score (nSPS) is 19.2. The van der Waals surface area contributed by atoms with Gasteiger partial charge in [0.15, 0.2) is 0 Å². The molecule has 0 bridgehead atoms. The van der Waals surface area contributed by atoms with E-state index in [-0.39, 0.29) is 5.91 Å². The van der Waals surface area contributed by atoms with Crippen molar-refractivity contribution in [1.29, 1.82) is 0 Å². The summed E-state index contributed by atoms with van der Waals surface area (Å²) in [4.78, 5) is 29.6. The topological polar surface area (TPSA) is 55.8 Å². The van der Waals surface area contributed by atoms with E-state index in [0.29, 0.717) is 6.54 Å². The molecule has 0 aliphatic carbocycles. The van der Waals surface area contributed by atoms with Gasteiger partial charge in [0, 0.05) is 59.6 Å². The lowest BCUT2D eigenvalue weighted by molar-refractivity contribution is -0.131. The van der Waals surface area contributed by atoms with Gasteiger partial charge in [0.2, 0.25) is 11.9 Å². The Bertz CT molecular complexity index is 535. The number of carbonyl (C=O) groups is 1. The van der Waals surface area contributed by atoms with E-state index in [2.05, 4.69) is 19.8 Å². The van der Waals surface area contributed by atoms with Crippen LogP contribution in [0.3, 0.4) is 0 Å². The smallest absolute Gasteiger partial charge is 0.236 e. The van der Waals surface area contributed by atoms with Crippen molar-refractivity contribution >= 4 is 17.7 Å². The van der Waals surface area contributed by atoms with Gasteiger partial charge in [-0.3, -0.25) is 9.69 Å². The summed E-state index contributed by atoms with van der Waals surface area (Å²) in [6.07, 6.45) is 4.11. The third kappa shape index (κ3) is 3.90. The van der Waals surface area contributed by atoms with E-state index in [9.17, 15) is 4.79 Å². The molecule has 23 heavy (non-hydrogen) atoms. The number of hydrogen-bond donors (Lipinski definition) is 0. The molecule has 2 fully saturated rings. The Hall–Kier alpha value is -1.89. The van der Waals surface area contributed by atoms with Gasteiger partial charge in [-0.1, -0.05) is 0 Å². The number of amides is 1. The predicted octanol–water partition coefficient (Wildman–Crippen LogP) is 0.287. The standard InChI is InChI=1S/C16H26N6O/c1-19(2)14-5-6-17-16(18-14)22-11-9-20(10-12-22)13-15(23)21-7-3-4-8-21/h5-6H,3-4,7-13H2,1-2H3. The molecular formula is C16H26N6O. The monoisotopic (exact) mass is 318 g/mol. The van der Waals surface area contributed by atoms with Gasteiger partial charge in [0.25, 0.3) is 0 Å². The van der Waals surface area contributed by atoms with E-state index >= 15 is 0 Å². The molecule has 126 valence electrons. The van der Waals surface area contributed by atoms with Crippen LogP contribution in [-0.4, -0.2) is 85.6 Å². The molecule has 1 amide bonds. The molecule has 1 aromatic rings. The quantitative estimate of drug-likeness (QED) is 0.795. The van der Waals surface area contributed by atoms with Gasteiger partial charge in [-0.25, -0.2) is 4.98 Å². The van der Waals surface area contributed by atoms with Gasteiger partial charge in [-0.2, -0.15) is 4.98 Å². The first-order valence-corrected chi connectivity index (χ1v) is 8.39. The highest BCUT2D eigenvalue weighted by molar-refractivity contribution is 5.78. The zero-order valence-electron chi connectivity index (χ0n) is 14.1. The van der Waals surface area contributed by atoms with Gasteiger partial charge in [0.05, 0.1) is 6.54 Å². The first-order chi connectivity index (χ1) is 11.1. The SMILES string of the molecule is CN(C)c1ccnc(N2CCN(CC(=O)N3CCCC3)CC2)n1.